The number of pyridine rings is 1. The molecule has 0 unspecified atom stereocenters. The van der Waals surface area contributed by atoms with Crippen molar-refractivity contribution in [2.24, 2.45) is 5.92 Å². The van der Waals surface area contributed by atoms with Crippen LogP contribution in [0.25, 0.3) is 0 Å². The van der Waals surface area contributed by atoms with Crippen LogP contribution in [0.1, 0.15) is 0 Å². The first-order valence-electron chi connectivity index (χ1n) is 4.67. The van der Waals surface area contributed by atoms with Gasteiger partial charge in [-0.25, -0.2) is 0 Å². The molecule has 0 aromatic carbocycles. The van der Waals surface area contributed by atoms with E-state index in [4.69, 9.17) is 0 Å². The molecule has 74 valence electrons. The number of carbonyl (C=O) groups is 1. The quantitative estimate of drug-likeness (QED) is 0.729. The molecule has 1 amide bonds. The Balaban J connectivity index is 2.07. The molecule has 0 radical (unpaired) electrons. The summed E-state index contributed by atoms with van der Waals surface area (Å²) >= 11 is 0. The third kappa shape index (κ3) is 1.61. The van der Waals surface area contributed by atoms with Gasteiger partial charge < -0.3 is 10.2 Å². The molecule has 1 aliphatic heterocycles. The zero-order chi connectivity index (χ0) is 9.97. The predicted molar refractivity (Wildman–Crippen MR) is 54.0 cm³/mol. The molecule has 1 saturated heterocycles. The van der Waals surface area contributed by atoms with E-state index in [1.165, 1.54) is 0 Å². The maximum Gasteiger partial charge on any atom is 0.232 e. The summed E-state index contributed by atoms with van der Waals surface area (Å²) in [4.78, 5) is 17.4. The van der Waals surface area contributed by atoms with Gasteiger partial charge in [0.15, 0.2) is 0 Å². The van der Waals surface area contributed by atoms with Crippen molar-refractivity contribution in [3.63, 3.8) is 0 Å². The molecular formula is C10H13N3O. The van der Waals surface area contributed by atoms with Crippen molar-refractivity contribution in [3.05, 3.63) is 24.5 Å². The van der Waals surface area contributed by atoms with Gasteiger partial charge in [-0.1, -0.05) is 0 Å². The molecule has 0 saturated carbocycles. The number of rotatable bonds is 2. The largest absolute Gasteiger partial charge is 0.315 e. The highest BCUT2D eigenvalue weighted by Crippen LogP contribution is 2.14. The highest BCUT2D eigenvalue weighted by Gasteiger charge is 2.27. The Morgan fingerprint density at radius 2 is 2.43 bits per heavy atom. The fraction of sp³-hybridized carbons (Fsp3) is 0.400. The number of carbonyl (C=O) groups excluding carboxylic acids is 1. The molecule has 0 aliphatic carbocycles. The molecule has 1 aromatic rings. The van der Waals surface area contributed by atoms with E-state index >= 15 is 0 Å². The molecule has 2 rings (SSSR count). The second-order valence-corrected chi connectivity index (χ2v) is 3.46. The highest BCUT2D eigenvalue weighted by atomic mass is 16.2. The van der Waals surface area contributed by atoms with Crippen LogP contribution in [0.2, 0.25) is 0 Å². The van der Waals surface area contributed by atoms with Gasteiger partial charge in [-0.05, 0) is 12.1 Å². The van der Waals surface area contributed by atoms with E-state index in [0.29, 0.717) is 0 Å². The summed E-state index contributed by atoms with van der Waals surface area (Å²) in [6, 6.07) is 3.72. The summed E-state index contributed by atoms with van der Waals surface area (Å²) in [5.74, 6) is 0.303. The SMILES string of the molecule is CN(C(=O)C1CNC1)c1cccnc1. The molecule has 0 bridgehead atoms. The lowest BCUT2D eigenvalue weighted by Crippen LogP contribution is -2.51. The lowest BCUT2D eigenvalue weighted by atomic mass is 10.0. The van der Waals surface area contributed by atoms with Gasteiger partial charge in [-0.15, -0.1) is 0 Å². The summed E-state index contributed by atoms with van der Waals surface area (Å²) in [7, 11) is 1.79. The van der Waals surface area contributed by atoms with Crippen molar-refractivity contribution in [1.82, 2.24) is 10.3 Å². The summed E-state index contributed by atoms with van der Waals surface area (Å²) < 4.78 is 0. The second kappa shape index (κ2) is 3.75. The number of hydrogen-bond donors (Lipinski definition) is 1. The van der Waals surface area contributed by atoms with Gasteiger partial charge in [0.2, 0.25) is 5.91 Å². The van der Waals surface area contributed by atoms with Crippen molar-refractivity contribution in [2.45, 2.75) is 0 Å². The molecule has 2 heterocycles. The Labute approximate surface area is 82.9 Å². The van der Waals surface area contributed by atoms with E-state index in [9.17, 15) is 4.79 Å². The number of aromatic nitrogens is 1. The molecule has 1 fully saturated rings. The fourth-order valence-corrected chi connectivity index (χ4v) is 1.42. The zero-order valence-electron chi connectivity index (χ0n) is 8.10. The summed E-state index contributed by atoms with van der Waals surface area (Å²) in [5, 5.41) is 3.09. The standard InChI is InChI=1S/C10H13N3O/c1-13(9-3-2-4-11-7-9)10(14)8-5-12-6-8/h2-4,7-8,12H,5-6H2,1H3. The molecule has 1 aliphatic rings. The minimum absolute atomic E-state index is 0.139. The Kier molecular flexibility index (Phi) is 2.45. The van der Waals surface area contributed by atoms with Crippen molar-refractivity contribution in [2.75, 3.05) is 25.0 Å². The van der Waals surface area contributed by atoms with Crippen molar-refractivity contribution in [3.8, 4) is 0 Å². The van der Waals surface area contributed by atoms with Gasteiger partial charge in [0.05, 0.1) is 17.8 Å². The second-order valence-electron chi connectivity index (χ2n) is 3.46. The monoisotopic (exact) mass is 191 g/mol. The lowest BCUT2D eigenvalue weighted by Gasteiger charge is -2.30. The van der Waals surface area contributed by atoms with Crippen LogP contribution in [0.5, 0.6) is 0 Å². The number of amides is 1. The van der Waals surface area contributed by atoms with E-state index in [1.807, 2.05) is 12.1 Å². The molecule has 4 heteroatoms. The maximum atomic E-state index is 11.8. The Morgan fingerprint density at radius 1 is 1.64 bits per heavy atom. The average molecular weight is 191 g/mol. The van der Waals surface area contributed by atoms with Crippen LogP contribution in [0.15, 0.2) is 24.5 Å². The van der Waals surface area contributed by atoms with Crippen molar-refractivity contribution < 1.29 is 4.79 Å². The van der Waals surface area contributed by atoms with Crippen LogP contribution in [-0.2, 0) is 4.79 Å². The van der Waals surface area contributed by atoms with Gasteiger partial charge >= 0.3 is 0 Å². The summed E-state index contributed by atoms with van der Waals surface area (Å²) in [6.45, 7) is 1.59. The summed E-state index contributed by atoms with van der Waals surface area (Å²) in [5.41, 5.74) is 0.851. The van der Waals surface area contributed by atoms with E-state index in [0.717, 1.165) is 18.8 Å². The fourth-order valence-electron chi connectivity index (χ4n) is 1.42. The van der Waals surface area contributed by atoms with Crippen LogP contribution in [0, 0.1) is 5.92 Å². The van der Waals surface area contributed by atoms with Crippen LogP contribution >= 0.6 is 0 Å². The van der Waals surface area contributed by atoms with Crippen LogP contribution in [-0.4, -0.2) is 31.0 Å². The Morgan fingerprint density at radius 3 is 2.93 bits per heavy atom. The topological polar surface area (TPSA) is 45.2 Å². The van der Waals surface area contributed by atoms with E-state index < -0.39 is 0 Å². The zero-order valence-corrected chi connectivity index (χ0v) is 8.10. The molecule has 1 aromatic heterocycles. The number of nitrogens with zero attached hydrogens (tertiary/aromatic N) is 2. The van der Waals surface area contributed by atoms with E-state index in [2.05, 4.69) is 10.3 Å². The third-order valence-corrected chi connectivity index (χ3v) is 2.49. The van der Waals surface area contributed by atoms with E-state index in [-0.39, 0.29) is 11.8 Å². The molecule has 4 nitrogen and oxygen atoms in total. The molecule has 0 spiro atoms. The minimum atomic E-state index is 0.139. The first-order valence-corrected chi connectivity index (χ1v) is 4.67. The number of anilines is 1. The van der Waals surface area contributed by atoms with Gasteiger partial charge in [-0.3, -0.25) is 9.78 Å². The van der Waals surface area contributed by atoms with Gasteiger partial charge in [0.1, 0.15) is 0 Å². The van der Waals surface area contributed by atoms with Crippen molar-refractivity contribution >= 4 is 11.6 Å². The van der Waals surface area contributed by atoms with Crippen LogP contribution in [0.3, 0.4) is 0 Å². The van der Waals surface area contributed by atoms with Gasteiger partial charge in [0, 0.05) is 26.3 Å². The summed E-state index contributed by atoms with van der Waals surface area (Å²) in [6.07, 6.45) is 3.40. The number of hydrogen-bond acceptors (Lipinski definition) is 3. The molecular weight excluding hydrogens is 178 g/mol. The van der Waals surface area contributed by atoms with Gasteiger partial charge in [-0.2, -0.15) is 0 Å². The van der Waals surface area contributed by atoms with E-state index in [1.54, 1.807) is 24.3 Å². The average Bonchev–Trinajstić information content (AvgIpc) is 2.15. The first kappa shape index (κ1) is 9.15. The van der Waals surface area contributed by atoms with Gasteiger partial charge in [0.25, 0.3) is 0 Å². The maximum absolute atomic E-state index is 11.8. The molecule has 14 heavy (non-hydrogen) atoms. The van der Waals surface area contributed by atoms with Crippen LogP contribution in [0.4, 0.5) is 5.69 Å². The predicted octanol–water partition coefficient (Wildman–Crippen LogP) is 0.264. The van der Waals surface area contributed by atoms with Crippen LogP contribution < -0.4 is 10.2 Å². The molecule has 0 atom stereocenters. The Bertz CT molecular complexity index is 321. The normalized spacial score (nSPS) is 16.1. The third-order valence-electron chi connectivity index (χ3n) is 2.49. The smallest absolute Gasteiger partial charge is 0.232 e. The number of nitrogens with one attached hydrogen (secondary N) is 1. The first-order chi connectivity index (χ1) is 6.79. The van der Waals surface area contributed by atoms with Crippen molar-refractivity contribution in [1.29, 1.82) is 0 Å². The minimum Gasteiger partial charge on any atom is -0.315 e. The molecule has 1 N–H and O–H groups in total. The lowest BCUT2D eigenvalue weighted by molar-refractivity contribution is -0.123. The Hall–Kier alpha value is -1.42. The highest BCUT2D eigenvalue weighted by molar-refractivity contribution is 5.95.